The fraction of sp³-hybridized carbons (Fsp3) is 0.316. The van der Waals surface area contributed by atoms with Crippen molar-refractivity contribution in [2.45, 2.75) is 123 Å². The highest BCUT2D eigenvalue weighted by atomic mass is 16.3. The lowest BCUT2D eigenvalue weighted by atomic mass is 9.91. The minimum absolute atomic E-state index is 0.0991. The minimum Gasteiger partial charge on any atom is -0.507 e. The van der Waals surface area contributed by atoms with Gasteiger partial charge >= 0.3 is 0 Å². The van der Waals surface area contributed by atoms with Crippen molar-refractivity contribution in [2.24, 2.45) is 0 Å². The molecule has 0 saturated carbocycles. The number of aromatic hydroxyl groups is 3. The van der Waals surface area contributed by atoms with Gasteiger partial charge in [-0.05, 0) is 193 Å². The van der Waals surface area contributed by atoms with E-state index in [0.29, 0.717) is 39.8 Å². The predicted molar refractivity (Wildman–Crippen MR) is 259 cm³/mol. The summed E-state index contributed by atoms with van der Waals surface area (Å²) in [5.41, 5.74) is 18.2. The first-order valence-electron chi connectivity index (χ1n) is 21.9. The molecule has 6 heteroatoms. The Morgan fingerprint density at radius 3 is 1.14 bits per heavy atom. The highest BCUT2D eigenvalue weighted by Gasteiger charge is 2.22. The molecular weight excluding hydrogens is 781 g/mol. The molecule has 0 heterocycles. The smallest absolute Gasteiger partial charge is 0.197 e. The van der Waals surface area contributed by atoms with Crippen LogP contribution in [0, 0.1) is 83.1 Å². The van der Waals surface area contributed by atoms with E-state index in [0.717, 1.165) is 90.7 Å². The summed E-state index contributed by atoms with van der Waals surface area (Å²) >= 11 is 0. The third kappa shape index (κ3) is 10.7. The van der Waals surface area contributed by atoms with Gasteiger partial charge in [0.1, 0.15) is 17.2 Å². The number of benzene rings is 6. The zero-order valence-corrected chi connectivity index (χ0v) is 40.1. The van der Waals surface area contributed by atoms with E-state index in [2.05, 4.69) is 13.8 Å². The van der Waals surface area contributed by atoms with Crippen LogP contribution < -0.4 is 0 Å². The van der Waals surface area contributed by atoms with Gasteiger partial charge in [-0.3, -0.25) is 14.4 Å². The van der Waals surface area contributed by atoms with E-state index in [1.807, 2.05) is 151 Å². The molecule has 6 aromatic carbocycles. The number of aryl methyl sites for hydroxylation is 9. The van der Waals surface area contributed by atoms with Crippen LogP contribution in [0.15, 0.2) is 72.8 Å². The fourth-order valence-corrected chi connectivity index (χ4v) is 8.32. The third-order valence-electron chi connectivity index (χ3n) is 12.6. The molecule has 0 aliphatic carbocycles. The number of hydrogen-bond donors (Lipinski definition) is 3. The Hall–Kier alpha value is -6.27. The molecule has 0 fully saturated rings. The molecule has 3 N–H and O–H groups in total. The Labute approximate surface area is 375 Å². The Balaban J connectivity index is 0.000000207. The molecule has 0 amide bonds. The molecule has 0 aromatic heterocycles. The molecule has 0 radical (unpaired) electrons. The molecule has 0 aliphatic rings. The Kier molecular flexibility index (Phi) is 16.3. The van der Waals surface area contributed by atoms with Crippen LogP contribution in [0.5, 0.6) is 17.2 Å². The monoisotopic (exact) mass is 846 g/mol. The molecule has 6 nitrogen and oxygen atoms in total. The SMILES string of the molecule is CCc1c(C)c(C)cc(C(=O)c2ccc(C)cc2C)c1O.CCc1c(C)cc(C(=O)c2ccc(C)cc2C)c(O)c1C.CCc1ccc(C(=O)c2cc(C)c(C)c(C)c2O)c(C)c1. The number of rotatable bonds is 9. The Morgan fingerprint density at radius 2 is 0.730 bits per heavy atom. The number of phenolic OH excluding ortho intramolecular Hbond substituents is 3. The molecule has 0 bridgehead atoms. The van der Waals surface area contributed by atoms with E-state index in [1.54, 1.807) is 12.1 Å². The quantitative estimate of drug-likeness (QED) is 0.125. The topological polar surface area (TPSA) is 112 Å². The van der Waals surface area contributed by atoms with Crippen LogP contribution in [0.25, 0.3) is 0 Å². The standard InChI is InChI=1S/3C19H22O2/c1-6-15-7-8-16(12(3)9-15)19(21)17-10-11(2)13(4)14(5)18(17)20;1-6-15-14(5)12(3)10-17(18(15)20)19(21)16-8-7-11(2)9-13(16)4;1-6-15-13(4)10-17(18(20)14(15)5)19(21)16-8-7-11(2)9-12(16)3/h3*7-10,20H,6H2,1-5H3. The molecule has 6 rings (SSSR count). The number of ketones is 3. The van der Waals surface area contributed by atoms with Crippen LogP contribution >= 0.6 is 0 Å². The lowest BCUT2D eigenvalue weighted by molar-refractivity contribution is 0.102. The maximum Gasteiger partial charge on any atom is 0.197 e. The lowest BCUT2D eigenvalue weighted by Crippen LogP contribution is -2.07. The normalized spacial score (nSPS) is 10.7. The maximum atomic E-state index is 12.8. The molecule has 0 spiro atoms. The van der Waals surface area contributed by atoms with Crippen LogP contribution in [0.4, 0.5) is 0 Å². The van der Waals surface area contributed by atoms with Crippen LogP contribution in [0.2, 0.25) is 0 Å². The highest BCUT2D eigenvalue weighted by Crippen LogP contribution is 2.34. The van der Waals surface area contributed by atoms with Gasteiger partial charge < -0.3 is 15.3 Å². The molecule has 330 valence electrons. The van der Waals surface area contributed by atoms with Gasteiger partial charge in [-0.25, -0.2) is 0 Å². The first-order valence-corrected chi connectivity index (χ1v) is 21.9. The van der Waals surface area contributed by atoms with Crippen molar-refractivity contribution >= 4 is 17.3 Å². The second kappa shape index (κ2) is 20.7. The van der Waals surface area contributed by atoms with Gasteiger partial charge in [-0.15, -0.1) is 0 Å². The first-order chi connectivity index (χ1) is 29.6. The van der Waals surface area contributed by atoms with Gasteiger partial charge in [0, 0.05) is 16.7 Å². The first kappa shape index (κ1) is 49.4. The van der Waals surface area contributed by atoms with Crippen molar-refractivity contribution in [3.05, 3.63) is 190 Å². The summed E-state index contributed by atoms with van der Waals surface area (Å²) in [6, 6.07) is 22.8. The summed E-state index contributed by atoms with van der Waals surface area (Å²) in [7, 11) is 0. The number of carbonyl (C=O) groups is 3. The van der Waals surface area contributed by atoms with Crippen LogP contribution in [0.3, 0.4) is 0 Å². The summed E-state index contributed by atoms with van der Waals surface area (Å²) in [6.45, 7) is 29.5. The van der Waals surface area contributed by atoms with E-state index in [-0.39, 0.29) is 34.6 Å². The highest BCUT2D eigenvalue weighted by molar-refractivity contribution is 6.13. The summed E-state index contributed by atoms with van der Waals surface area (Å²) in [4.78, 5) is 38.3. The van der Waals surface area contributed by atoms with Gasteiger partial charge in [0.25, 0.3) is 0 Å². The zero-order chi connectivity index (χ0) is 47.2. The summed E-state index contributed by atoms with van der Waals surface area (Å²) < 4.78 is 0. The van der Waals surface area contributed by atoms with E-state index in [1.165, 1.54) is 5.56 Å². The van der Waals surface area contributed by atoms with Crippen LogP contribution in [-0.4, -0.2) is 32.7 Å². The molecule has 6 aromatic rings. The van der Waals surface area contributed by atoms with Crippen LogP contribution in [0.1, 0.15) is 152 Å². The number of carbonyl (C=O) groups excluding carboxylic acids is 3. The second-order valence-corrected chi connectivity index (χ2v) is 17.1. The summed E-state index contributed by atoms with van der Waals surface area (Å²) in [6.07, 6.45) is 2.51. The van der Waals surface area contributed by atoms with Gasteiger partial charge in [0.15, 0.2) is 17.3 Å². The summed E-state index contributed by atoms with van der Waals surface area (Å²) in [5, 5.41) is 31.1. The van der Waals surface area contributed by atoms with E-state index in [4.69, 9.17) is 0 Å². The molecule has 0 unspecified atom stereocenters. The second-order valence-electron chi connectivity index (χ2n) is 17.1. The van der Waals surface area contributed by atoms with Crippen molar-refractivity contribution in [3.63, 3.8) is 0 Å². The third-order valence-corrected chi connectivity index (χ3v) is 12.6. The van der Waals surface area contributed by atoms with Gasteiger partial charge in [-0.2, -0.15) is 0 Å². The van der Waals surface area contributed by atoms with Gasteiger partial charge in [-0.1, -0.05) is 86.5 Å². The van der Waals surface area contributed by atoms with Crippen molar-refractivity contribution in [1.29, 1.82) is 0 Å². The average Bonchev–Trinajstić information content (AvgIpc) is 3.24. The molecule has 0 saturated heterocycles. The van der Waals surface area contributed by atoms with Gasteiger partial charge in [0.2, 0.25) is 0 Å². The van der Waals surface area contributed by atoms with E-state index < -0.39 is 0 Å². The Bertz CT molecular complexity index is 2730. The van der Waals surface area contributed by atoms with Crippen LogP contribution in [-0.2, 0) is 19.3 Å². The molecule has 63 heavy (non-hydrogen) atoms. The largest absolute Gasteiger partial charge is 0.507 e. The molecule has 0 aliphatic heterocycles. The number of phenols is 3. The maximum absolute atomic E-state index is 12.8. The van der Waals surface area contributed by atoms with Gasteiger partial charge in [0.05, 0.1) is 16.7 Å². The minimum atomic E-state index is -0.112. The fourth-order valence-electron chi connectivity index (χ4n) is 8.32. The Morgan fingerprint density at radius 1 is 0.349 bits per heavy atom. The number of hydrogen-bond acceptors (Lipinski definition) is 6. The van der Waals surface area contributed by atoms with Crippen molar-refractivity contribution in [2.75, 3.05) is 0 Å². The van der Waals surface area contributed by atoms with Crippen molar-refractivity contribution in [3.8, 4) is 17.2 Å². The van der Waals surface area contributed by atoms with E-state index in [9.17, 15) is 29.7 Å². The van der Waals surface area contributed by atoms with Crippen molar-refractivity contribution < 1.29 is 29.7 Å². The molecule has 0 atom stereocenters. The lowest BCUT2D eigenvalue weighted by Gasteiger charge is -2.14. The zero-order valence-electron chi connectivity index (χ0n) is 40.1. The molecular formula is C57H66O6. The van der Waals surface area contributed by atoms with E-state index >= 15 is 0 Å². The summed E-state index contributed by atoms with van der Waals surface area (Å²) in [5.74, 6) is 0.00979. The predicted octanol–water partition coefficient (Wildman–Crippen LogP) is 13.3. The van der Waals surface area contributed by atoms with Crippen molar-refractivity contribution in [1.82, 2.24) is 0 Å². The average molecular weight is 847 g/mol.